The Kier molecular flexibility index (Phi) is 3.21. The molecule has 0 aliphatic heterocycles. The monoisotopic (exact) mass is 190 g/mol. The lowest BCUT2D eigenvalue weighted by atomic mass is 10.2. The Balaban J connectivity index is 2.90. The van der Waals surface area contributed by atoms with Crippen molar-refractivity contribution in [2.45, 2.75) is 5.75 Å². The van der Waals surface area contributed by atoms with E-state index < -0.39 is 0 Å². The molecule has 0 aromatic heterocycles. The largest absolute Gasteiger partial charge is 0.207 e. The predicted octanol–water partition coefficient (Wildman–Crippen LogP) is 3.34. The molecule has 1 aromatic rings. The summed E-state index contributed by atoms with van der Waals surface area (Å²) >= 11 is 7.16. The molecule has 0 bridgehead atoms. The minimum atomic E-state index is -0.216. The van der Waals surface area contributed by atoms with Crippen molar-refractivity contribution in [1.29, 1.82) is 0 Å². The molecule has 0 aliphatic rings. The van der Waals surface area contributed by atoms with Gasteiger partial charge in [0.1, 0.15) is 5.82 Å². The van der Waals surface area contributed by atoms with Crippen molar-refractivity contribution in [3.05, 3.63) is 34.6 Å². The number of thioether (sulfide) groups is 1. The van der Waals surface area contributed by atoms with E-state index in [0.717, 1.165) is 0 Å². The summed E-state index contributed by atoms with van der Waals surface area (Å²) in [5.74, 6) is 0.482. The van der Waals surface area contributed by atoms with Gasteiger partial charge in [-0.3, -0.25) is 0 Å². The molecular weight excluding hydrogens is 183 g/mol. The Morgan fingerprint density at radius 3 is 2.82 bits per heavy atom. The normalized spacial score (nSPS) is 10.1. The third kappa shape index (κ3) is 2.38. The molecule has 1 rings (SSSR count). The molecule has 0 saturated carbocycles. The van der Waals surface area contributed by atoms with Crippen molar-refractivity contribution in [2.24, 2.45) is 0 Å². The van der Waals surface area contributed by atoms with Gasteiger partial charge in [-0.25, -0.2) is 4.39 Å². The van der Waals surface area contributed by atoms with E-state index in [1.54, 1.807) is 23.9 Å². The molecule has 11 heavy (non-hydrogen) atoms. The van der Waals surface area contributed by atoms with E-state index in [1.807, 2.05) is 6.26 Å². The van der Waals surface area contributed by atoms with Crippen LogP contribution in [0.25, 0.3) is 0 Å². The molecule has 0 fully saturated rings. The van der Waals surface area contributed by atoms with Crippen LogP contribution in [-0.2, 0) is 5.75 Å². The van der Waals surface area contributed by atoms with Crippen LogP contribution >= 0.6 is 23.4 Å². The molecule has 1 aromatic carbocycles. The minimum Gasteiger partial charge on any atom is -0.207 e. The zero-order valence-electron chi connectivity index (χ0n) is 6.10. The Hall–Kier alpha value is -0.210. The van der Waals surface area contributed by atoms with Gasteiger partial charge in [-0.15, -0.1) is 0 Å². The molecular formula is C8H8ClFS. The van der Waals surface area contributed by atoms with Crippen molar-refractivity contribution < 1.29 is 4.39 Å². The standard InChI is InChI=1S/C8H8ClFS/c1-11-5-6-2-3-7(9)4-8(6)10/h2-4H,5H2,1H3. The Morgan fingerprint density at radius 2 is 2.27 bits per heavy atom. The summed E-state index contributed by atoms with van der Waals surface area (Å²) in [7, 11) is 0. The molecule has 0 nitrogen and oxygen atoms in total. The van der Waals surface area contributed by atoms with Gasteiger partial charge in [0.05, 0.1) is 0 Å². The molecule has 0 spiro atoms. The Bertz CT molecular complexity index is 250. The van der Waals surface area contributed by atoms with Crippen LogP contribution in [0.15, 0.2) is 18.2 Å². The predicted molar refractivity (Wildman–Crippen MR) is 48.6 cm³/mol. The molecule has 3 heteroatoms. The summed E-state index contributed by atoms with van der Waals surface area (Å²) in [5.41, 5.74) is 0.710. The highest BCUT2D eigenvalue weighted by Gasteiger charge is 2.00. The smallest absolute Gasteiger partial charge is 0.128 e. The highest BCUT2D eigenvalue weighted by Crippen LogP contribution is 2.17. The molecule has 0 radical (unpaired) electrons. The Labute approximate surface area is 74.8 Å². The van der Waals surface area contributed by atoms with E-state index in [0.29, 0.717) is 16.3 Å². The van der Waals surface area contributed by atoms with Gasteiger partial charge in [0.2, 0.25) is 0 Å². The zero-order valence-corrected chi connectivity index (χ0v) is 7.68. The molecule has 0 aliphatic carbocycles. The lowest BCUT2D eigenvalue weighted by Crippen LogP contribution is -1.85. The van der Waals surface area contributed by atoms with Gasteiger partial charge in [-0.1, -0.05) is 17.7 Å². The first-order chi connectivity index (χ1) is 5.24. The van der Waals surface area contributed by atoms with E-state index in [2.05, 4.69) is 0 Å². The molecule has 0 amide bonds. The second kappa shape index (κ2) is 3.98. The third-order valence-electron chi connectivity index (χ3n) is 1.31. The van der Waals surface area contributed by atoms with Crippen LogP contribution in [0.3, 0.4) is 0 Å². The van der Waals surface area contributed by atoms with Gasteiger partial charge in [0.25, 0.3) is 0 Å². The van der Waals surface area contributed by atoms with Gasteiger partial charge in [-0.2, -0.15) is 11.8 Å². The summed E-state index contributed by atoms with van der Waals surface area (Å²) < 4.78 is 12.9. The SMILES string of the molecule is CSCc1ccc(Cl)cc1F. The summed E-state index contributed by atoms with van der Waals surface area (Å²) in [6.07, 6.45) is 1.94. The average Bonchev–Trinajstić information content (AvgIpc) is 1.95. The number of halogens is 2. The fraction of sp³-hybridized carbons (Fsp3) is 0.250. The van der Waals surface area contributed by atoms with E-state index in [-0.39, 0.29) is 5.82 Å². The number of benzene rings is 1. The average molecular weight is 191 g/mol. The topological polar surface area (TPSA) is 0 Å². The summed E-state index contributed by atoms with van der Waals surface area (Å²) in [4.78, 5) is 0. The van der Waals surface area contributed by atoms with Crippen molar-refractivity contribution in [3.63, 3.8) is 0 Å². The molecule has 0 atom stereocenters. The maximum absolute atomic E-state index is 12.9. The van der Waals surface area contributed by atoms with Gasteiger partial charge in [0, 0.05) is 10.8 Å². The highest BCUT2D eigenvalue weighted by molar-refractivity contribution is 7.97. The van der Waals surface area contributed by atoms with Crippen molar-refractivity contribution in [1.82, 2.24) is 0 Å². The third-order valence-corrected chi connectivity index (χ3v) is 2.15. The zero-order chi connectivity index (χ0) is 8.27. The minimum absolute atomic E-state index is 0.216. The van der Waals surface area contributed by atoms with Gasteiger partial charge >= 0.3 is 0 Å². The maximum Gasteiger partial charge on any atom is 0.128 e. The lowest BCUT2D eigenvalue weighted by molar-refractivity contribution is 0.617. The first-order valence-corrected chi connectivity index (χ1v) is 4.94. The fourth-order valence-corrected chi connectivity index (χ4v) is 1.50. The van der Waals surface area contributed by atoms with Gasteiger partial charge in [-0.05, 0) is 24.0 Å². The lowest BCUT2D eigenvalue weighted by Gasteiger charge is -1.99. The van der Waals surface area contributed by atoms with Gasteiger partial charge < -0.3 is 0 Å². The molecule has 0 N–H and O–H groups in total. The summed E-state index contributed by atoms with van der Waals surface area (Å²) in [6, 6.07) is 4.76. The Morgan fingerprint density at radius 1 is 1.55 bits per heavy atom. The van der Waals surface area contributed by atoms with Gasteiger partial charge in [0.15, 0.2) is 0 Å². The highest BCUT2D eigenvalue weighted by atomic mass is 35.5. The maximum atomic E-state index is 12.9. The molecule has 0 unspecified atom stereocenters. The van der Waals surface area contributed by atoms with Crippen LogP contribution in [0.4, 0.5) is 4.39 Å². The van der Waals surface area contributed by atoms with Crippen molar-refractivity contribution in [2.75, 3.05) is 6.26 Å². The first-order valence-electron chi connectivity index (χ1n) is 3.17. The van der Waals surface area contributed by atoms with Crippen LogP contribution < -0.4 is 0 Å². The van der Waals surface area contributed by atoms with E-state index in [4.69, 9.17) is 11.6 Å². The van der Waals surface area contributed by atoms with E-state index in [9.17, 15) is 4.39 Å². The molecule has 0 saturated heterocycles. The van der Waals surface area contributed by atoms with Crippen LogP contribution in [0.5, 0.6) is 0 Å². The number of rotatable bonds is 2. The summed E-state index contributed by atoms with van der Waals surface area (Å²) in [5, 5.41) is 0.451. The van der Waals surface area contributed by atoms with Crippen molar-refractivity contribution >= 4 is 23.4 Å². The van der Waals surface area contributed by atoms with Crippen LogP contribution in [0.2, 0.25) is 5.02 Å². The second-order valence-electron chi connectivity index (χ2n) is 2.17. The number of hydrogen-bond donors (Lipinski definition) is 0. The molecule has 0 heterocycles. The second-order valence-corrected chi connectivity index (χ2v) is 3.47. The van der Waals surface area contributed by atoms with Crippen LogP contribution in [0.1, 0.15) is 5.56 Å². The van der Waals surface area contributed by atoms with E-state index >= 15 is 0 Å². The molecule has 60 valence electrons. The quantitative estimate of drug-likeness (QED) is 0.690. The fourth-order valence-electron chi connectivity index (χ4n) is 0.794. The van der Waals surface area contributed by atoms with Crippen molar-refractivity contribution in [3.8, 4) is 0 Å². The number of hydrogen-bond acceptors (Lipinski definition) is 1. The van der Waals surface area contributed by atoms with Crippen LogP contribution in [-0.4, -0.2) is 6.26 Å². The first kappa shape index (κ1) is 8.88. The van der Waals surface area contributed by atoms with Crippen LogP contribution in [0, 0.1) is 5.82 Å². The summed E-state index contributed by atoms with van der Waals surface area (Å²) in [6.45, 7) is 0. The van der Waals surface area contributed by atoms with E-state index in [1.165, 1.54) is 6.07 Å².